The Kier molecular flexibility index (Phi) is 3.94. The summed E-state index contributed by atoms with van der Waals surface area (Å²) >= 11 is 5.98. The molecular weight excluding hydrogens is 260 g/mol. The molecule has 2 rings (SSSR count). The Bertz CT molecular complexity index is 647. The Balaban J connectivity index is 2.44. The third-order valence-electron chi connectivity index (χ3n) is 2.73. The Hall–Kier alpha value is -2.18. The first-order valence-electron chi connectivity index (χ1n) is 5.75. The first-order valence-corrected chi connectivity index (χ1v) is 6.13. The van der Waals surface area contributed by atoms with Crippen molar-refractivity contribution in [3.8, 4) is 11.8 Å². The maximum atomic E-state index is 9.12. The average molecular weight is 273 g/mol. The summed E-state index contributed by atoms with van der Waals surface area (Å²) in [5.74, 6) is 0.676. The lowest BCUT2D eigenvalue weighted by Crippen LogP contribution is -1.97. The first-order chi connectivity index (χ1) is 9.13. The zero-order valence-electron chi connectivity index (χ0n) is 10.7. The molecule has 19 heavy (non-hydrogen) atoms. The summed E-state index contributed by atoms with van der Waals surface area (Å²) in [6.45, 7) is 1.97. The molecule has 0 aromatic heterocycles. The van der Waals surface area contributed by atoms with Crippen LogP contribution in [0.3, 0.4) is 0 Å². The summed E-state index contributed by atoms with van der Waals surface area (Å²) in [4.78, 5) is 0. The number of ether oxygens (including phenoxy) is 1. The molecule has 3 nitrogen and oxygen atoms in total. The van der Waals surface area contributed by atoms with E-state index in [1.54, 1.807) is 31.4 Å². The molecule has 0 spiro atoms. The molecule has 0 aliphatic carbocycles. The largest absolute Gasteiger partial charge is 0.495 e. The van der Waals surface area contributed by atoms with Gasteiger partial charge in [0.2, 0.25) is 0 Å². The van der Waals surface area contributed by atoms with E-state index >= 15 is 0 Å². The zero-order valence-corrected chi connectivity index (χ0v) is 11.5. The van der Waals surface area contributed by atoms with Gasteiger partial charge in [0, 0.05) is 5.02 Å². The minimum Gasteiger partial charge on any atom is -0.495 e. The van der Waals surface area contributed by atoms with Crippen LogP contribution in [0.4, 0.5) is 11.4 Å². The molecule has 0 saturated carbocycles. The molecule has 0 radical (unpaired) electrons. The third kappa shape index (κ3) is 2.98. The lowest BCUT2D eigenvalue weighted by molar-refractivity contribution is 0.417. The molecular formula is C15H13ClN2O. The molecule has 0 atom stereocenters. The highest BCUT2D eigenvalue weighted by Gasteiger charge is 2.07. The van der Waals surface area contributed by atoms with Gasteiger partial charge >= 0.3 is 0 Å². The molecule has 0 aliphatic rings. The molecule has 4 heteroatoms. The van der Waals surface area contributed by atoms with Gasteiger partial charge in [-0.25, -0.2) is 0 Å². The molecule has 0 heterocycles. The van der Waals surface area contributed by atoms with Gasteiger partial charge in [0.25, 0.3) is 0 Å². The normalized spacial score (nSPS) is 9.79. The monoisotopic (exact) mass is 272 g/mol. The van der Waals surface area contributed by atoms with Crippen LogP contribution in [0, 0.1) is 18.3 Å². The first kappa shape index (κ1) is 13.3. The predicted octanol–water partition coefficient (Wildman–Crippen LogP) is 4.27. The summed E-state index contributed by atoms with van der Waals surface area (Å²) in [6.07, 6.45) is 0. The summed E-state index contributed by atoms with van der Waals surface area (Å²) in [7, 11) is 1.59. The Labute approximate surface area is 117 Å². The van der Waals surface area contributed by atoms with Crippen LogP contribution in [-0.2, 0) is 0 Å². The average Bonchev–Trinajstić information content (AvgIpc) is 2.39. The molecule has 2 aromatic carbocycles. The van der Waals surface area contributed by atoms with Gasteiger partial charge in [-0.3, -0.25) is 0 Å². The van der Waals surface area contributed by atoms with Gasteiger partial charge in [-0.1, -0.05) is 17.7 Å². The summed E-state index contributed by atoms with van der Waals surface area (Å²) in [5.41, 5.74) is 3.12. The Morgan fingerprint density at radius 2 is 1.95 bits per heavy atom. The van der Waals surface area contributed by atoms with Crippen molar-refractivity contribution in [2.24, 2.45) is 0 Å². The molecule has 0 unspecified atom stereocenters. The fourth-order valence-electron chi connectivity index (χ4n) is 1.78. The Morgan fingerprint density at radius 1 is 1.16 bits per heavy atom. The van der Waals surface area contributed by atoms with Crippen molar-refractivity contribution in [3.05, 3.63) is 52.5 Å². The van der Waals surface area contributed by atoms with Crippen molar-refractivity contribution >= 4 is 23.0 Å². The van der Waals surface area contributed by atoms with Crippen LogP contribution in [0.2, 0.25) is 5.02 Å². The number of hydrogen-bond acceptors (Lipinski definition) is 3. The van der Waals surface area contributed by atoms with E-state index in [0.29, 0.717) is 16.3 Å². The smallest absolute Gasteiger partial charge is 0.142 e. The van der Waals surface area contributed by atoms with Crippen molar-refractivity contribution in [1.82, 2.24) is 0 Å². The minimum absolute atomic E-state index is 0.577. The van der Waals surface area contributed by atoms with E-state index < -0.39 is 0 Å². The van der Waals surface area contributed by atoms with Crippen LogP contribution in [-0.4, -0.2) is 7.11 Å². The van der Waals surface area contributed by atoms with E-state index in [0.717, 1.165) is 16.9 Å². The van der Waals surface area contributed by atoms with Crippen LogP contribution in [0.1, 0.15) is 11.1 Å². The van der Waals surface area contributed by atoms with E-state index in [-0.39, 0.29) is 0 Å². The highest BCUT2D eigenvalue weighted by molar-refractivity contribution is 6.31. The number of nitriles is 1. The number of nitrogens with zero attached hydrogens (tertiary/aromatic N) is 1. The van der Waals surface area contributed by atoms with Crippen molar-refractivity contribution in [2.75, 3.05) is 12.4 Å². The molecule has 0 aliphatic heterocycles. The number of anilines is 2. The fourth-order valence-corrected chi connectivity index (χ4v) is 1.95. The lowest BCUT2D eigenvalue weighted by atomic mass is 10.1. The molecule has 0 saturated heterocycles. The number of nitrogens with one attached hydrogen (secondary N) is 1. The van der Waals surface area contributed by atoms with Crippen LogP contribution in [0.25, 0.3) is 0 Å². The third-order valence-corrected chi connectivity index (χ3v) is 2.96. The number of hydrogen-bond donors (Lipinski definition) is 1. The Morgan fingerprint density at radius 3 is 2.63 bits per heavy atom. The van der Waals surface area contributed by atoms with Gasteiger partial charge in [-0.2, -0.15) is 5.26 Å². The predicted molar refractivity (Wildman–Crippen MR) is 77.2 cm³/mol. The van der Waals surface area contributed by atoms with Crippen molar-refractivity contribution in [3.63, 3.8) is 0 Å². The fraction of sp³-hybridized carbons (Fsp3) is 0.133. The molecule has 1 N–H and O–H groups in total. The van der Waals surface area contributed by atoms with Crippen LogP contribution in [0.5, 0.6) is 5.75 Å². The number of methoxy groups -OCH3 is 1. The van der Waals surface area contributed by atoms with Gasteiger partial charge in [0.1, 0.15) is 11.8 Å². The van der Waals surface area contributed by atoms with E-state index in [9.17, 15) is 0 Å². The van der Waals surface area contributed by atoms with Crippen molar-refractivity contribution in [2.45, 2.75) is 6.92 Å². The highest BCUT2D eigenvalue weighted by Crippen LogP contribution is 2.31. The maximum Gasteiger partial charge on any atom is 0.142 e. The van der Waals surface area contributed by atoms with E-state index in [4.69, 9.17) is 21.6 Å². The lowest BCUT2D eigenvalue weighted by Gasteiger charge is -2.13. The highest BCUT2D eigenvalue weighted by atomic mass is 35.5. The zero-order chi connectivity index (χ0) is 13.8. The molecule has 0 amide bonds. The second-order valence-corrected chi connectivity index (χ2v) is 4.57. The topological polar surface area (TPSA) is 45.0 Å². The molecule has 0 bridgehead atoms. The molecule has 96 valence electrons. The van der Waals surface area contributed by atoms with Crippen molar-refractivity contribution in [1.29, 1.82) is 5.26 Å². The van der Waals surface area contributed by atoms with Crippen LogP contribution < -0.4 is 10.1 Å². The number of aryl methyl sites for hydroxylation is 1. The second kappa shape index (κ2) is 5.64. The van der Waals surface area contributed by atoms with Gasteiger partial charge in [-0.05, 0) is 42.8 Å². The summed E-state index contributed by atoms with van der Waals surface area (Å²) in [5, 5.41) is 12.9. The van der Waals surface area contributed by atoms with E-state index in [1.807, 2.05) is 19.1 Å². The number of rotatable bonds is 3. The van der Waals surface area contributed by atoms with Gasteiger partial charge < -0.3 is 10.1 Å². The molecule has 2 aromatic rings. The van der Waals surface area contributed by atoms with Crippen LogP contribution in [0.15, 0.2) is 36.4 Å². The standard InChI is InChI=1S/C15H13ClN2O/c1-10-3-4-11(9-17)13(7-10)18-14-8-12(16)5-6-15(14)19-2/h3-8,18H,1-2H3. The number of benzene rings is 2. The quantitative estimate of drug-likeness (QED) is 0.907. The van der Waals surface area contributed by atoms with Gasteiger partial charge in [0.05, 0.1) is 24.0 Å². The summed E-state index contributed by atoms with van der Waals surface area (Å²) in [6, 6.07) is 13.1. The maximum absolute atomic E-state index is 9.12. The van der Waals surface area contributed by atoms with Gasteiger partial charge in [-0.15, -0.1) is 0 Å². The summed E-state index contributed by atoms with van der Waals surface area (Å²) < 4.78 is 5.27. The molecule has 0 fully saturated rings. The van der Waals surface area contributed by atoms with Gasteiger partial charge in [0.15, 0.2) is 0 Å². The number of halogens is 1. The van der Waals surface area contributed by atoms with Crippen molar-refractivity contribution < 1.29 is 4.74 Å². The SMILES string of the molecule is COc1ccc(Cl)cc1Nc1cc(C)ccc1C#N. The second-order valence-electron chi connectivity index (χ2n) is 4.13. The van der Waals surface area contributed by atoms with Crippen LogP contribution >= 0.6 is 11.6 Å². The van der Waals surface area contributed by atoms with E-state index in [2.05, 4.69) is 11.4 Å². The minimum atomic E-state index is 0.577. The van der Waals surface area contributed by atoms with E-state index in [1.165, 1.54) is 0 Å².